The maximum Gasteiger partial charge on any atom is 0.306 e. The van der Waals surface area contributed by atoms with Crippen molar-refractivity contribution in [2.24, 2.45) is 39.6 Å². The van der Waals surface area contributed by atoms with E-state index in [9.17, 15) is 19.2 Å². The average Bonchev–Trinajstić information content (AvgIpc) is 4.13. The molecule has 6 atom stereocenters. The van der Waals surface area contributed by atoms with Crippen molar-refractivity contribution in [3.8, 4) is 22.4 Å². The second kappa shape index (κ2) is 17.6. The number of methoxy groups -OCH3 is 2. The number of ether oxygens (including phenoxy) is 2. The van der Waals surface area contributed by atoms with Gasteiger partial charge in [-0.2, -0.15) is 0 Å². The lowest BCUT2D eigenvalue weighted by atomic mass is 9.73. The van der Waals surface area contributed by atoms with Gasteiger partial charge in [0.05, 0.1) is 62.4 Å². The van der Waals surface area contributed by atoms with Crippen LogP contribution in [0.15, 0.2) is 64.8 Å². The van der Waals surface area contributed by atoms with E-state index in [1.807, 2.05) is 49.9 Å². The second-order valence-electron chi connectivity index (χ2n) is 19.3. The Balaban J connectivity index is 0.896. The van der Waals surface area contributed by atoms with Gasteiger partial charge in [-0.05, 0) is 126 Å². The van der Waals surface area contributed by atoms with E-state index in [0.29, 0.717) is 31.3 Å². The zero-order valence-corrected chi connectivity index (χ0v) is 37.7. The van der Waals surface area contributed by atoms with Crippen LogP contribution in [0.4, 0.5) is 5.69 Å². The summed E-state index contributed by atoms with van der Waals surface area (Å²) in [6, 6.07) is 15.5. The number of hydrogen-bond acceptors (Lipinski definition) is 9. The number of pyridine rings is 1. The van der Waals surface area contributed by atoms with Crippen LogP contribution in [0, 0.1) is 29.6 Å². The first kappa shape index (κ1) is 42.8. The summed E-state index contributed by atoms with van der Waals surface area (Å²) >= 11 is 0. The van der Waals surface area contributed by atoms with Gasteiger partial charge in [-0.3, -0.25) is 34.1 Å². The highest BCUT2D eigenvalue weighted by Gasteiger charge is 2.43. The first-order valence-electron chi connectivity index (χ1n) is 23.3. The third-order valence-corrected chi connectivity index (χ3v) is 15.1. The quantitative estimate of drug-likeness (QED) is 0.157. The van der Waals surface area contributed by atoms with Crippen molar-refractivity contribution in [2.75, 3.05) is 27.3 Å². The van der Waals surface area contributed by atoms with E-state index < -0.39 is 11.8 Å². The molecule has 5 heterocycles. The molecule has 0 bridgehead atoms. The lowest BCUT2D eigenvalue weighted by molar-refractivity contribution is -0.148. The van der Waals surface area contributed by atoms with Gasteiger partial charge >= 0.3 is 11.9 Å². The Morgan fingerprint density at radius 3 is 1.95 bits per heavy atom. The van der Waals surface area contributed by atoms with E-state index in [1.165, 1.54) is 60.4 Å². The van der Waals surface area contributed by atoms with Crippen LogP contribution >= 0.6 is 0 Å². The minimum atomic E-state index is -0.412. The number of allylic oxidation sites excluding steroid dienone is 1. The molecule has 2 unspecified atom stereocenters. The number of benzene rings is 2. The van der Waals surface area contributed by atoms with Crippen molar-refractivity contribution < 1.29 is 28.7 Å². The Morgan fingerprint density at radius 1 is 0.730 bits per heavy atom. The minimum Gasteiger partial charge on any atom is -0.469 e. The number of aromatic nitrogens is 1. The van der Waals surface area contributed by atoms with E-state index in [0.717, 1.165) is 72.5 Å². The smallest absolute Gasteiger partial charge is 0.306 e. The number of rotatable bonds is 13. The van der Waals surface area contributed by atoms with Gasteiger partial charge in [-0.1, -0.05) is 52.0 Å². The van der Waals surface area contributed by atoms with Crippen LogP contribution in [0.25, 0.3) is 28.0 Å². The maximum atomic E-state index is 13.9. The topological polar surface area (TPSA) is 131 Å². The van der Waals surface area contributed by atoms with Crippen molar-refractivity contribution in [2.45, 2.75) is 116 Å². The number of aliphatic imine (C=N–C) groups is 2. The largest absolute Gasteiger partial charge is 0.469 e. The van der Waals surface area contributed by atoms with Gasteiger partial charge in [0.15, 0.2) is 0 Å². The molecule has 0 N–H and O–H groups in total. The summed E-state index contributed by atoms with van der Waals surface area (Å²) in [5, 5.41) is 0. The highest BCUT2D eigenvalue weighted by atomic mass is 16.5. The van der Waals surface area contributed by atoms with Gasteiger partial charge in [-0.25, -0.2) is 0 Å². The molecule has 2 aliphatic carbocycles. The molecule has 3 aromatic rings. The molecule has 0 spiro atoms. The van der Waals surface area contributed by atoms with Gasteiger partial charge in [0.2, 0.25) is 11.8 Å². The van der Waals surface area contributed by atoms with E-state index in [1.54, 1.807) is 0 Å². The maximum absolute atomic E-state index is 13.9. The summed E-state index contributed by atoms with van der Waals surface area (Å²) < 4.78 is 9.85. The Morgan fingerprint density at radius 2 is 1.37 bits per heavy atom. The normalized spacial score (nSPS) is 23.1. The van der Waals surface area contributed by atoms with Crippen LogP contribution in [0.5, 0.6) is 0 Å². The molecule has 6 aliphatic rings. The third kappa shape index (κ3) is 8.05. The van der Waals surface area contributed by atoms with E-state index in [2.05, 4.69) is 42.5 Å². The van der Waals surface area contributed by atoms with E-state index in [-0.39, 0.29) is 60.5 Å². The standard InChI is InChI=1S/C52H61N5O6/c1-29(2)39(25-48(58)62-5)51(60)56-19-7-9-46(56)44-24-35(28-54-44)33-13-18-43(53-27-33)38-16-15-36(41-22-32-11-14-37(32)50(38)41)31-12-17-42-34(21-31)23-45(55-42)47-10-8-20-57(47)52(61)40(30(3)4)26-49(59)63-6/h12-13,15-18,21,27-30,32,37,39-40,46-47H,7-11,14,19-20,22-26H2,1-6H3/t32?,37?,39-,40-,46-,47-/m0/s1. The molecule has 2 aromatic carbocycles. The van der Waals surface area contributed by atoms with Crippen molar-refractivity contribution in [3.63, 3.8) is 0 Å². The monoisotopic (exact) mass is 851 g/mol. The lowest BCUT2D eigenvalue weighted by Crippen LogP contribution is -2.45. The van der Waals surface area contributed by atoms with E-state index >= 15 is 0 Å². The number of fused-ring (bicyclic) bond motifs is 4. The molecule has 330 valence electrons. The van der Waals surface area contributed by atoms with Crippen LogP contribution in [0.1, 0.15) is 114 Å². The molecule has 11 heteroatoms. The fraction of sp³-hybridized carbons (Fsp3) is 0.519. The molecule has 2 saturated heterocycles. The Hall–Kier alpha value is -5.45. The van der Waals surface area contributed by atoms with Gasteiger partial charge < -0.3 is 19.3 Å². The number of likely N-dealkylation sites (tertiary alicyclic amines) is 2. The molecule has 0 radical (unpaired) electrons. The summed E-state index contributed by atoms with van der Waals surface area (Å²) in [6.45, 7) is 9.34. The summed E-state index contributed by atoms with van der Waals surface area (Å²) in [5.74, 6) is -0.208. The Kier molecular flexibility index (Phi) is 12.0. The van der Waals surface area contributed by atoms with Crippen molar-refractivity contribution >= 4 is 46.4 Å². The average molecular weight is 852 g/mol. The fourth-order valence-electron chi connectivity index (χ4n) is 11.3. The van der Waals surface area contributed by atoms with Gasteiger partial charge in [-0.15, -0.1) is 0 Å². The first-order valence-corrected chi connectivity index (χ1v) is 23.3. The summed E-state index contributed by atoms with van der Waals surface area (Å²) in [7, 11) is 2.75. The van der Waals surface area contributed by atoms with Crippen LogP contribution < -0.4 is 0 Å². The first-order chi connectivity index (χ1) is 30.4. The number of nitrogens with zero attached hydrogens (tertiary/aromatic N) is 5. The molecule has 3 fully saturated rings. The highest BCUT2D eigenvalue weighted by Crippen LogP contribution is 2.56. The number of amides is 2. The van der Waals surface area contributed by atoms with Crippen molar-refractivity contribution in [3.05, 3.63) is 77.1 Å². The molecule has 9 rings (SSSR count). The Bertz CT molecular complexity index is 2410. The highest BCUT2D eigenvalue weighted by molar-refractivity contribution is 6.04. The number of carbonyl (C=O) groups is 4. The van der Waals surface area contributed by atoms with Crippen molar-refractivity contribution in [1.29, 1.82) is 0 Å². The molecule has 4 aliphatic heterocycles. The summed E-state index contributed by atoms with van der Waals surface area (Å²) in [6.07, 6.45) is 12.6. The predicted octanol–water partition coefficient (Wildman–Crippen LogP) is 8.93. The molecule has 1 saturated carbocycles. The van der Waals surface area contributed by atoms with Gasteiger partial charge in [0.25, 0.3) is 0 Å². The zero-order chi connectivity index (χ0) is 44.1. The fourth-order valence-corrected chi connectivity index (χ4v) is 11.3. The zero-order valence-electron chi connectivity index (χ0n) is 37.7. The molecule has 11 nitrogen and oxygen atoms in total. The number of esters is 2. The van der Waals surface area contributed by atoms with Crippen LogP contribution in [-0.2, 0) is 41.5 Å². The second-order valence-corrected chi connectivity index (χ2v) is 19.3. The van der Waals surface area contributed by atoms with Crippen LogP contribution in [-0.4, -0.2) is 89.4 Å². The van der Waals surface area contributed by atoms with E-state index in [4.69, 9.17) is 24.4 Å². The SMILES string of the molecule is COC(=O)C[C@H](C(=O)N1CCC[C@H]1C1=NC=C(c2ccc(-c3ccc(-c4ccc5c(c4)CC([C@@H]4CCCN4C(=O)[C@@H](CC(=O)OC)C(C)C)=N5)c4c3C3CCC3C4)nc2)C1)C(C)C. The van der Waals surface area contributed by atoms with Gasteiger partial charge in [0.1, 0.15) is 0 Å². The third-order valence-electron chi connectivity index (χ3n) is 15.1. The van der Waals surface area contributed by atoms with Crippen molar-refractivity contribution in [1.82, 2.24) is 14.8 Å². The Labute approximate surface area is 371 Å². The summed E-state index contributed by atoms with van der Waals surface area (Å²) in [5.41, 5.74) is 14.0. The lowest BCUT2D eigenvalue weighted by Gasteiger charge is -2.31. The van der Waals surface area contributed by atoms with Crippen LogP contribution in [0.3, 0.4) is 0 Å². The summed E-state index contributed by atoms with van der Waals surface area (Å²) in [4.78, 5) is 71.0. The minimum absolute atomic E-state index is 0.0161. The number of carbonyl (C=O) groups excluding carboxylic acids is 4. The molecular formula is C52H61N5O6. The van der Waals surface area contributed by atoms with Gasteiger partial charge in [0, 0.05) is 55.3 Å². The van der Waals surface area contributed by atoms with Crippen LogP contribution in [0.2, 0.25) is 0 Å². The number of hydrogen-bond donors (Lipinski definition) is 0. The molecular weight excluding hydrogens is 791 g/mol. The molecule has 2 amide bonds. The predicted molar refractivity (Wildman–Crippen MR) is 244 cm³/mol. The molecule has 1 aromatic heterocycles. The molecule has 63 heavy (non-hydrogen) atoms.